The van der Waals surface area contributed by atoms with Crippen molar-refractivity contribution in [1.82, 2.24) is 4.90 Å². The van der Waals surface area contributed by atoms with Gasteiger partial charge in [-0.25, -0.2) is 0 Å². The van der Waals surface area contributed by atoms with Gasteiger partial charge in [-0.3, -0.25) is 0 Å². The van der Waals surface area contributed by atoms with E-state index >= 15 is 0 Å². The molecule has 0 aromatic heterocycles. The molecule has 1 aliphatic rings. The van der Waals surface area contributed by atoms with E-state index in [1.807, 2.05) is 0 Å². The molecule has 4 nitrogen and oxygen atoms in total. The van der Waals surface area contributed by atoms with Crippen LogP contribution in [0.1, 0.15) is 39.0 Å². The molecule has 1 saturated carbocycles. The van der Waals surface area contributed by atoms with E-state index in [4.69, 9.17) is 28.0 Å². The molecule has 1 rings (SSSR count). The molecule has 0 aromatic carbocycles. The summed E-state index contributed by atoms with van der Waals surface area (Å²) >= 11 is 5.35. The summed E-state index contributed by atoms with van der Waals surface area (Å²) in [6.07, 6.45) is 6.00. The van der Waals surface area contributed by atoms with Crippen molar-refractivity contribution in [2.45, 2.75) is 51.0 Å². The lowest BCUT2D eigenvalue weighted by molar-refractivity contribution is 0.308. The van der Waals surface area contributed by atoms with Crippen molar-refractivity contribution in [1.29, 1.82) is 0 Å². The molecule has 0 amide bonds. The Morgan fingerprint density at radius 1 is 1.35 bits per heavy atom. The Morgan fingerprint density at radius 2 is 1.88 bits per heavy atom. The number of nitrogens with zero attached hydrogens (tertiary/aromatic N) is 1. The van der Waals surface area contributed by atoms with Crippen LogP contribution in [0.25, 0.3) is 0 Å². The zero-order valence-corrected chi connectivity index (χ0v) is 11.5. The highest BCUT2D eigenvalue weighted by molar-refractivity contribution is 7.80. The van der Waals surface area contributed by atoms with Crippen molar-refractivity contribution in [2.24, 2.45) is 11.7 Å². The van der Waals surface area contributed by atoms with Crippen LogP contribution >= 0.6 is 12.2 Å². The highest BCUT2D eigenvalue weighted by atomic mass is 32.1. The van der Waals surface area contributed by atoms with E-state index in [-0.39, 0.29) is 6.04 Å². The normalized spacial score (nSPS) is 20.8. The number of nitrogens with two attached hydrogens (primary N) is 1. The number of rotatable bonds is 4. The van der Waals surface area contributed by atoms with Crippen molar-refractivity contribution >= 4 is 24.3 Å². The second-order valence-corrected chi connectivity index (χ2v) is 5.45. The maximum absolute atomic E-state index is 9.15. The standard InChI is InChI=1S/C11H23BN2O2S/c1-8(12(15)16)14(2)11(17)10(13)9-6-4-3-5-7-9/h8-10,15-16H,3-7,13H2,1-2H3. The zero-order chi connectivity index (χ0) is 13.0. The average molecular weight is 258 g/mol. The number of hydrogen-bond donors (Lipinski definition) is 3. The largest absolute Gasteiger partial charge is 0.475 e. The first-order valence-electron chi connectivity index (χ1n) is 6.33. The van der Waals surface area contributed by atoms with Gasteiger partial charge in [0.25, 0.3) is 0 Å². The van der Waals surface area contributed by atoms with Crippen LogP contribution in [0.3, 0.4) is 0 Å². The molecule has 0 aromatic rings. The summed E-state index contributed by atoms with van der Waals surface area (Å²) in [5, 5.41) is 18.3. The fourth-order valence-corrected chi connectivity index (χ4v) is 2.69. The van der Waals surface area contributed by atoms with Gasteiger partial charge in [0.1, 0.15) is 0 Å². The van der Waals surface area contributed by atoms with Gasteiger partial charge in [-0.1, -0.05) is 31.5 Å². The van der Waals surface area contributed by atoms with Gasteiger partial charge in [-0.2, -0.15) is 0 Å². The van der Waals surface area contributed by atoms with Crippen molar-refractivity contribution in [3.8, 4) is 0 Å². The molecule has 0 saturated heterocycles. The average Bonchev–Trinajstić information content (AvgIpc) is 2.36. The van der Waals surface area contributed by atoms with Crippen LogP contribution in [0.2, 0.25) is 0 Å². The van der Waals surface area contributed by atoms with Crippen LogP contribution < -0.4 is 5.73 Å². The lowest BCUT2D eigenvalue weighted by atomic mass is 9.79. The molecular formula is C11H23BN2O2S. The van der Waals surface area contributed by atoms with Crippen LogP contribution in [0.5, 0.6) is 0 Å². The molecule has 0 radical (unpaired) electrons. The molecule has 1 aliphatic carbocycles. The highest BCUT2D eigenvalue weighted by Crippen LogP contribution is 2.26. The van der Waals surface area contributed by atoms with Crippen LogP contribution in [0.4, 0.5) is 0 Å². The molecule has 1 fully saturated rings. The zero-order valence-electron chi connectivity index (χ0n) is 10.7. The third-order valence-corrected chi connectivity index (χ3v) is 4.39. The Morgan fingerprint density at radius 3 is 2.35 bits per heavy atom. The second kappa shape index (κ2) is 6.68. The Kier molecular flexibility index (Phi) is 5.86. The molecule has 17 heavy (non-hydrogen) atoms. The summed E-state index contributed by atoms with van der Waals surface area (Å²) in [4.78, 5) is 2.34. The first-order valence-corrected chi connectivity index (χ1v) is 6.74. The maximum Gasteiger partial charge on any atom is 0.475 e. The van der Waals surface area contributed by atoms with E-state index < -0.39 is 13.1 Å². The van der Waals surface area contributed by atoms with Crippen molar-refractivity contribution in [3.63, 3.8) is 0 Å². The van der Waals surface area contributed by atoms with Gasteiger partial charge < -0.3 is 20.7 Å². The highest BCUT2D eigenvalue weighted by Gasteiger charge is 2.30. The molecular weight excluding hydrogens is 235 g/mol. The first-order chi connectivity index (χ1) is 7.95. The predicted molar refractivity (Wildman–Crippen MR) is 74.6 cm³/mol. The summed E-state index contributed by atoms with van der Waals surface area (Å²) in [7, 11) is 0.381. The fourth-order valence-electron chi connectivity index (χ4n) is 2.33. The summed E-state index contributed by atoms with van der Waals surface area (Å²) in [6.45, 7) is 1.73. The molecule has 0 bridgehead atoms. The lowest BCUT2D eigenvalue weighted by Crippen LogP contribution is -2.52. The smallest absolute Gasteiger partial charge is 0.426 e. The van der Waals surface area contributed by atoms with Gasteiger partial charge in [0.15, 0.2) is 0 Å². The maximum atomic E-state index is 9.15. The number of thiocarbonyl (C=S) groups is 1. The summed E-state index contributed by atoms with van der Waals surface area (Å²) in [6, 6.07) is -0.142. The van der Waals surface area contributed by atoms with E-state index in [1.165, 1.54) is 19.3 Å². The lowest BCUT2D eigenvalue weighted by Gasteiger charge is -2.34. The molecule has 0 spiro atoms. The third kappa shape index (κ3) is 3.91. The van der Waals surface area contributed by atoms with Gasteiger partial charge in [0.05, 0.1) is 17.0 Å². The number of hydrogen-bond acceptors (Lipinski definition) is 4. The van der Waals surface area contributed by atoms with Gasteiger partial charge >= 0.3 is 7.12 Å². The quantitative estimate of drug-likeness (QED) is 0.507. The molecule has 98 valence electrons. The van der Waals surface area contributed by atoms with Crippen molar-refractivity contribution in [3.05, 3.63) is 0 Å². The molecule has 2 atom stereocenters. The summed E-state index contributed by atoms with van der Waals surface area (Å²) < 4.78 is 0. The van der Waals surface area contributed by atoms with Crippen LogP contribution in [0, 0.1) is 5.92 Å². The first kappa shape index (κ1) is 14.9. The van der Waals surface area contributed by atoms with Crippen LogP contribution in [-0.2, 0) is 0 Å². The SMILES string of the molecule is CC(B(O)O)N(C)C(=S)C(N)C1CCCCC1. The minimum absolute atomic E-state index is 0.142. The van der Waals surface area contributed by atoms with E-state index in [9.17, 15) is 0 Å². The Labute approximate surface area is 109 Å². The monoisotopic (exact) mass is 258 g/mol. The van der Waals surface area contributed by atoms with Gasteiger partial charge in [-0.15, -0.1) is 0 Å². The third-order valence-electron chi connectivity index (χ3n) is 3.83. The predicted octanol–water partition coefficient (Wildman–Crippen LogP) is 0.554. The van der Waals surface area contributed by atoms with Gasteiger partial charge in [0, 0.05) is 7.05 Å². The molecule has 2 unspecified atom stereocenters. The van der Waals surface area contributed by atoms with E-state index in [0.29, 0.717) is 10.9 Å². The van der Waals surface area contributed by atoms with Crippen LogP contribution in [-0.4, -0.2) is 46.1 Å². The molecule has 0 heterocycles. The molecule has 0 aliphatic heterocycles. The van der Waals surface area contributed by atoms with Gasteiger partial charge in [0.2, 0.25) is 0 Å². The van der Waals surface area contributed by atoms with Crippen LogP contribution in [0.15, 0.2) is 0 Å². The Hall–Kier alpha value is -0.165. The summed E-state index contributed by atoms with van der Waals surface area (Å²) in [5.74, 6) is 0.0267. The second-order valence-electron chi connectivity index (χ2n) is 5.03. The summed E-state index contributed by atoms with van der Waals surface area (Å²) in [5.41, 5.74) is 6.18. The minimum Gasteiger partial charge on any atom is -0.426 e. The Balaban J connectivity index is 2.55. The van der Waals surface area contributed by atoms with Crippen molar-refractivity contribution in [2.75, 3.05) is 7.05 Å². The Bertz CT molecular complexity index is 260. The van der Waals surface area contributed by atoms with Gasteiger partial charge in [-0.05, 0) is 25.7 Å². The van der Waals surface area contributed by atoms with E-state index in [2.05, 4.69) is 0 Å². The molecule has 6 heteroatoms. The van der Waals surface area contributed by atoms with E-state index in [1.54, 1.807) is 18.9 Å². The van der Waals surface area contributed by atoms with Crippen molar-refractivity contribution < 1.29 is 10.0 Å². The topological polar surface area (TPSA) is 69.7 Å². The fraction of sp³-hybridized carbons (Fsp3) is 0.909. The van der Waals surface area contributed by atoms with E-state index in [0.717, 1.165) is 12.8 Å². The molecule has 4 N–H and O–H groups in total. The number of likely N-dealkylation sites (N-methyl/N-ethyl adjacent to an activating group) is 1. The minimum atomic E-state index is -1.39.